The van der Waals surface area contributed by atoms with Crippen LogP contribution in [0.5, 0.6) is 11.5 Å². The van der Waals surface area contributed by atoms with E-state index in [4.69, 9.17) is 9.47 Å². The minimum absolute atomic E-state index is 0.0424. The second-order valence-electron chi connectivity index (χ2n) is 7.71. The molecule has 2 aliphatic rings. The Balaban J connectivity index is 1.81. The molecular formula is C20H27NO5. The normalized spacial score (nSPS) is 22.5. The molecule has 1 saturated carbocycles. The van der Waals surface area contributed by atoms with Crippen molar-refractivity contribution in [3.05, 3.63) is 23.8 Å². The smallest absolute Gasteiger partial charge is 0.311 e. The molecule has 1 aromatic rings. The summed E-state index contributed by atoms with van der Waals surface area (Å²) in [5, 5.41) is 9.70. The van der Waals surface area contributed by atoms with Crippen molar-refractivity contribution in [2.75, 3.05) is 26.8 Å². The first kappa shape index (κ1) is 18.5. The molecule has 1 aromatic carbocycles. The van der Waals surface area contributed by atoms with Gasteiger partial charge in [0.1, 0.15) is 11.5 Å². The fourth-order valence-electron chi connectivity index (χ4n) is 3.49. The molecule has 1 saturated heterocycles. The maximum absolute atomic E-state index is 13.1. The molecule has 1 heterocycles. The van der Waals surface area contributed by atoms with Crippen molar-refractivity contribution >= 4 is 11.9 Å². The van der Waals surface area contributed by atoms with Gasteiger partial charge in [0.05, 0.1) is 24.7 Å². The van der Waals surface area contributed by atoms with Gasteiger partial charge in [0.2, 0.25) is 0 Å². The molecule has 0 radical (unpaired) electrons. The van der Waals surface area contributed by atoms with Gasteiger partial charge >= 0.3 is 5.97 Å². The molecule has 1 aliphatic carbocycles. The van der Waals surface area contributed by atoms with Gasteiger partial charge in [0.25, 0.3) is 5.91 Å². The van der Waals surface area contributed by atoms with Gasteiger partial charge in [0, 0.05) is 19.2 Å². The maximum atomic E-state index is 13.1. The lowest BCUT2D eigenvalue weighted by Gasteiger charge is -2.28. The van der Waals surface area contributed by atoms with Crippen LogP contribution in [0, 0.1) is 17.3 Å². The van der Waals surface area contributed by atoms with E-state index in [0.717, 1.165) is 12.8 Å². The zero-order valence-corrected chi connectivity index (χ0v) is 15.7. The molecule has 142 valence electrons. The average Bonchev–Trinajstić information content (AvgIpc) is 3.33. The van der Waals surface area contributed by atoms with E-state index in [1.807, 2.05) is 13.8 Å². The van der Waals surface area contributed by atoms with Crippen LogP contribution in [0.25, 0.3) is 0 Å². The average molecular weight is 361 g/mol. The molecule has 1 aliphatic heterocycles. The highest BCUT2D eigenvalue weighted by molar-refractivity contribution is 5.98. The molecule has 1 unspecified atom stereocenters. The van der Waals surface area contributed by atoms with Crippen LogP contribution in [0.4, 0.5) is 0 Å². The van der Waals surface area contributed by atoms with Gasteiger partial charge in [0.15, 0.2) is 0 Å². The summed E-state index contributed by atoms with van der Waals surface area (Å²) in [6.45, 7) is 5.07. The number of likely N-dealkylation sites (tertiary alicyclic amines) is 1. The zero-order valence-electron chi connectivity index (χ0n) is 15.7. The lowest BCUT2D eigenvalue weighted by molar-refractivity contribution is -0.150. The Labute approximate surface area is 154 Å². The third kappa shape index (κ3) is 3.50. The molecule has 1 amide bonds. The number of aliphatic carboxylic acids is 1. The third-order valence-corrected chi connectivity index (χ3v) is 5.71. The van der Waals surface area contributed by atoms with Gasteiger partial charge in [-0.1, -0.05) is 13.8 Å². The largest absolute Gasteiger partial charge is 0.497 e. The molecule has 1 N–H and O–H groups in total. The second kappa shape index (κ2) is 7.17. The van der Waals surface area contributed by atoms with E-state index in [1.165, 1.54) is 0 Å². The number of amides is 1. The van der Waals surface area contributed by atoms with E-state index in [-0.39, 0.29) is 18.4 Å². The van der Waals surface area contributed by atoms with E-state index < -0.39 is 11.4 Å². The van der Waals surface area contributed by atoms with Gasteiger partial charge in [-0.3, -0.25) is 9.59 Å². The Kier molecular flexibility index (Phi) is 5.12. The summed E-state index contributed by atoms with van der Waals surface area (Å²) in [4.78, 5) is 26.5. The topological polar surface area (TPSA) is 76.1 Å². The van der Waals surface area contributed by atoms with Crippen LogP contribution in [0.1, 0.15) is 43.5 Å². The number of carboxylic acid groups (broad SMARTS) is 1. The molecule has 6 nitrogen and oxygen atoms in total. The number of hydrogen-bond acceptors (Lipinski definition) is 4. The highest BCUT2D eigenvalue weighted by atomic mass is 16.5. The monoisotopic (exact) mass is 361 g/mol. The fourth-order valence-corrected chi connectivity index (χ4v) is 3.49. The predicted molar refractivity (Wildman–Crippen MR) is 96.6 cm³/mol. The van der Waals surface area contributed by atoms with Crippen molar-refractivity contribution in [1.82, 2.24) is 4.90 Å². The van der Waals surface area contributed by atoms with Gasteiger partial charge in [-0.25, -0.2) is 0 Å². The summed E-state index contributed by atoms with van der Waals surface area (Å²) in [7, 11) is 1.58. The molecule has 1 atom stereocenters. The second-order valence-corrected chi connectivity index (χ2v) is 7.71. The first-order chi connectivity index (χ1) is 12.4. The number of methoxy groups -OCH3 is 1. The molecule has 26 heavy (non-hydrogen) atoms. The quantitative estimate of drug-likeness (QED) is 0.808. The summed E-state index contributed by atoms with van der Waals surface area (Å²) in [6, 6.07) is 5.18. The van der Waals surface area contributed by atoms with E-state index in [9.17, 15) is 14.7 Å². The summed E-state index contributed by atoms with van der Waals surface area (Å²) >= 11 is 0. The van der Waals surface area contributed by atoms with Crippen molar-refractivity contribution in [2.24, 2.45) is 17.3 Å². The molecule has 6 heteroatoms. The summed E-state index contributed by atoms with van der Waals surface area (Å²) in [6.07, 6.45) is 2.80. The van der Waals surface area contributed by atoms with Crippen LogP contribution in [0.15, 0.2) is 18.2 Å². The van der Waals surface area contributed by atoms with Gasteiger partial charge in [-0.2, -0.15) is 0 Å². The molecule has 0 bridgehead atoms. The first-order valence-electron chi connectivity index (χ1n) is 9.21. The Bertz CT molecular complexity index is 697. The van der Waals surface area contributed by atoms with E-state index >= 15 is 0 Å². The summed E-state index contributed by atoms with van der Waals surface area (Å²) in [5.74, 6) is 0.662. The van der Waals surface area contributed by atoms with Crippen LogP contribution in [0.2, 0.25) is 0 Å². The van der Waals surface area contributed by atoms with Crippen LogP contribution < -0.4 is 9.47 Å². The van der Waals surface area contributed by atoms with Crippen molar-refractivity contribution in [2.45, 2.75) is 33.1 Å². The number of hydrogen-bond donors (Lipinski definition) is 1. The van der Waals surface area contributed by atoms with E-state index in [1.54, 1.807) is 30.2 Å². The number of carboxylic acids is 1. The fraction of sp³-hybridized carbons (Fsp3) is 0.600. The van der Waals surface area contributed by atoms with Gasteiger partial charge in [-0.15, -0.1) is 0 Å². The predicted octanol–water partition coefficient (Wildman–Crippen LogP) is 3.06. The van der Waals surface area contributed by atoms with Crippen LogP contribution >= 0.6 is 0 Å². The van der Waals surface area contributed by atoms with Crippen LogP contribution in [-0.2, 0) is 4.79 Å². The van der Waals surface area contributed by atoms with Crippen molar-refractivity contribution in [1.29, 1.82) is 0 Å². The Morgan fingerprint density at radius 3 is 2.62 bits per heavy atom. The minimum atomic E-state index is -0.878. The Morgan fingerprint density at radius 2 is 2.08 bits per heavy atom. The van der Waals surface area contributed by atoms with Gasteiger partial charge < -0.3 is 19.5 Å². The number of carbonyl (C=O) groups excluding carboxylic acids is 1. The molecule has 2 fully saturated rings. The first-order valence-corrected chi connectivity index (χ1v) is 9.21. The number of rotatable bonds is 7. The molecule has 0 spiro atoms. The van der Waals surface area contributed by atoms with Crippen LogP contribution in [0.3, 0.4) is 0 Å². The minimum Gasteiger partial charge on any atom is -0.497 e. The van der Waals surface area contributed by atoms with Crippen molar-refractivity contribution < 1.29 is 24.2 Å². The van der Waals surface area contributed by atoms with Crippen molar-refractivity contribution in [3.8, 4) is 11.5 Å². The lowest BCUT2D eigenvalue weighted by atomic mass is 9.76. The zero-order chi connectivity index (χ0) is 18.9. The number of benzene rings is 1. The molecule has 0 aromatic heterocycles. The highest BCUT2D eigenvalue weighted by Crippen LogP contribution is 2.39. The number of nitrogens with zero attached hydrogens (tertiary/aromatic N) is 1. The molecular weight excluding hydrogens is 334 g/mol. The highest BCUT2D eigenvalue weighted by Gasteiger charge is 2.48. The van der Waals surface area contributed by atoms with E-state index in [2.05, 4.69) is 0 Å². The number of carbonyl (C=O) groups is 2. The number of ether oxygens (including phenoxy) is 2. The van der Waals surface area contributed by atoms with E-state index in [0.29, 0.717) is 42.6 Å². The SMILES string of the molecule is COc1ccc(C(=O)N2CCC(C(=O)O)(C(C)C)C2)c(OCC2CC2)c1. The standard InChI is InChI=1S/C20H27NO5/c1-13(2)20(19(23)24)8-9-21(12-20)18(22)16-7-6-15(25-3)10-17(16)26-11-14-4-5-14/h6-7,10,13-14H,4-5,8-9,11-12H2,1-3H3,(H,23,24). The Hall–Kier alpha value is -2.24. The van der Waals surface area contributed by atoms with Crippen molar-refractivity contribution in [3.63, 3.8) is 0 Å². The summed E-state index contributed by atoms with van der Waals surface area (Å²) < 4.78 is 11.1. The van der Waals surface area contributed by atoms with Gasteiger partial charge in [-0.05, 0) is 43.2 Å². The lowest BCUT2D eigenvalue weighted by Crippen LogP contribution is -2.40. The Morgan fingerprint density at radius 1 is 1.35 bits per heavy atom. The van der Waals surface area contributed by atoms with Crippen LogP contribution in [-0.4, -0.2) is 48.7 Å². The summed E-state index contributed by atoms with van der Waals surface area (Å²) in [5.41, 5.74) is -0.409. The maximum Gasteiger partial charge on any atom is 0.311 e. The third-order valence-electron chi connectivity index (χ3n) is 5.71. The molecule has 3 rings (SSSR count).